The molecule has 0 aliphatic carbocycles. The van der Waals surface area contributed by atoms with Crippen molar-refractivity contribution in [3.05, 3.63) is 52.6 Å². The first kappa shape index (κ1) is 18.9. The Bertz CT molecular complexity index is 745. The van der Waals surface area contributed by atoms with Gasteiger partial charge in [0, 0.05) is 30.9 Å². The van der Waals surface area contributed by atoms with Gasteiger partial charge in [0.1, 0.15) is 5.82 Å². The maximum Gasteiger partial charge on any atom is 0.315 e. The molecular formula is C18H25FN4O2. The number of rotatable bonds is 6. The fraction of sp³-hybridized carbons (Fsp3) is 0.444. The van der Waals surface area contributed by atoms with E-state index in [1.54, 1.807) is 12.1 Å². The number of aliphatic hydroxyl groups excluding tert-OH is 1. The average Bonchev–Trinajstić information content (AvgIpc) is 2.79. The molecule has 0 saturated heterocycles. The largest absolute Gasteiger partial charge is 0.386 e. The number of aryl methyl sites for hydroxylation is 2. The van der Waals surface area contributed by atoms with Crippen LogP contribution in [0.3, 0.4) is 0 Å². The van der Waals surface area contributed by atoms with E-state index in [2.05, 4.69) is 15.7 Å². The van der Waals surface area contributed by atoms with Crippen LogP contribution in [0, 0.1) is 19.7 Å². The van der Waals surface area contributed by atoms with Crippen LogP contribution in [-0.2, 0) is 13.5 Å². The van der Waals surface area contributed by atoms with Crippen molar-refractivity contribution in [1.29, 1.82) is 0 Å². The monoisotopic (exact) mass is 348 g/mol. The van der Waals surface area contributed by atoms with Gasteiger partial charge in [-0.25, -0.2) is 9.18 Å². The number of hydrogen-bond donors (Lipinski definition) is 3. The predicted octanol–water partition coefficient (Wildman–Crippen LogP) is 2.14. The molecule has 1 heterocycles. The van der Waals surface area contributed by atoms with Crippen LogP contribution in [0.4, 0.5) is 9.18 Å². The minimum atomic E-state index is -1.09. The van der Waals surface area contributed by atoms with Crippen molar-refractivity contribution in [3.8, 4) is 0 Å². The van der Waals surface area contributed by atoms with Gasteiger partial charge in [0.25, 0.3) is 0 Å². The standard InChI is InChI=1S/C18H25FN4O2/c1-11(9-15-12(2)22-23(4)13(15)3)21-18(25)20-10-17(24)14-7-5-6-8-16(14)19/h5-8,11,17,24H,9-10H2,1-4H3,(H2,20,21,25). The Kier molecular flexibility index (Phi) is 6.14. The van der Waals surface area contributed by atoms with E-state index >= 15 is 0 Å². The van der Waals surface area contributed by atoms with Crippen LogP contribution in [0.5, 0.6) is 0 Å². The normalized spacial score (nSPS) is 13.4. The minimum Gasteiger partial charge on any atom is -0.386 e. The number of carbonyl (C=O) groups is 1. The van der Waals surface area contributed by atoms with Crippen molar-refractivity contribution in [2.75, 3.05) is 6.54 Å². The van der Waals surface area contributed by atoms with Crippen molar-refractivity contribution >= 4 is 6.03 Å². The summed E-state index contributed by atoms with van der Waals surface area (Å²) < 4.78 is 15.4. The molecule has 2 aromatic rings. The molecular weight excluding hydrogens is 323 g/mol. The summed E-state index contributed by atoms with van der Waals surface area (Å²) in [7, 11) is 1.89. The van der Waals surface area contributed by atoms with Crippen molar-refractivity contribution in [3.63, 3.8) is 0 Å². The fourth-order valence-electron chi connectivity index (χ4n) is 2.79. The fourth-order valence-corrected chi connectivity index (χ4v) is 2.79. The number of aliphatic hydroxyl groups is 1. The summed E-state index contributed by atoms with van der Waals surface area (Å²) in [5.74, 6) is -0.492. The number of aromatic nitrogens is 2. The number of urea groups is 1. The van der Waals surface area contributed by atoms with Gasteiger partial charge in [-0.2, -0.15) is 5.10 Å². The molecule has 25 heavy (non-hydrogen) atoms. The third-order valence-corrected chi connectivity index (χ3v) is 4.27. The van der Waals surface area contributed by atoms with Crippen LogP contribution >= 0.6 is 0 Å². The van der Waals surface area contributed by atoms with Gasteiger partial charge in [-0.15, -0.1) is 0 Å². The van der Waals surface area contributed by atoms with Gasteiger partial charge < -0.3 is 15.7 Å². The summed E-state index contributed by atoms with van der Waals surface area (Å²) in [5, 5.41) is 19.8. The Hall–Kier alpha value is -2.41. The van der Waals surface area contributed by atoms with E-state index in [0.29, 0.717) is 6.42 Å². The lowest BCUT2D eigenvalue weighted by Crippen LogP contribution is -2.43. The van der Waals surface area contributed by atoms with E-state index in [0.717, 1.165) is 17.0 Å². The molecule has 0 aliphatic heterocycles. The van der Waals surface area contributed by atoms with Crippen LogP contribution in [0.25, 0.3) is 0 Å². The number of nitrogens with one attached hydrogen (secondary N) is 2. The number of benzene rings is 1. The number of halogens is 1. The van der Waals surface area contributed by atoms with Crippen molar-refractivity contribution in [2.45, 2.75) is 39.3 Å². The molecule has 0 saturated carbocycles. The quantitative estimate of drug-likeness (QED) is 0.748. The second kappa shape index (κ2) is 8.11. The molecule has 3 N–H and O–H groups in total. The highest BCUT2D eigenvalue weighted by atomic mass is 19.1. The summed E-state index contributed by atoms with van der Waals surface area (Å²) >= 11 is 0. The highest BCUT2D eigenvalue weighted by Gasteiger charge is 2.16. The molecule has 0 radical (unpaired) electrons. The van der Waals surface area contributed by atoms with Gasteiger partial charge in [-0.3, -0.25) is 4.68 Å². The van der Waals surface area contributed by atoms with Gasteiger partial charge in [-0.1, -0.05) is 18.2 Å². The van der Waals surface area contributed by atoms with Crippen molar-refractivity contribution < 1.29 is 14.3 Å². The molecule has 2 rings (SSSR count). The van der Waals surface area contributed by atoms with E-state index in [-0.39, 0.29) is 18.2 Å². The first-order valence-corrected chi connectivity index (χ1v) is 8.25. The average molecular weight is 348 g/mol. The Morgan fingerprint density at radius 3 is 2.64 bits per heavy atom. The van der Waals surface area contributed by atoms with Gasteiger partial charge in [0.2, 0.25) is 0 Å². The molecule has 1 aromatic carbocycles. The number of nitrogens with zero attached hydrogens (tertiary/aromatic N) is 2. The topological polar surface area (TPSA) is 79.2 Å². The van der Waals surface area contributed by atoms with Crippen LogP contribution in [0.1, 0.15) is 35.5 Å². The van der Waals surface area contributed by atoms with Crippen molar-refractivity contribution in [1.82, 2.24) is 20.4 Å². The zero-order valence-corrected chi connectivity index (χ0v) is 15.0. The molecule has 2 atom stereocenters. The van der Waals surface area contributed by atoms with E-state index < -0.39 is 18.0 Å². The first-order valence-electron chi connectivity index (χ1n) is 8.25. The highest BCUT2D eigenvalue weighted by Crippen LogP contribution is 2.16. The highest BCUT2D eigenvalue weighted by molar-refractivity contribution is 5.74. The Balaban J connectivity index is 1.84. The number of hydrogen-bond acceptors (Lipinski definition) is 3. The molecule has 0 aliphatic rings. The molecule has 2 amide bonds. The van der Waals surface area contributed by atoms with Crippen LogP contribution < -0.4 is 10.6 Å². The lowest BCUT2D eigenvalue weighted by atomic mass is 10.1. The lowest BCUT2D eigenvalue weighted by Gasteiger charge is -2.17. The molecule has 2 unspecified atom stereocenters. The molecule has 6 nitrogen and oxygen atoms in total. The summed E-state index contributed by atoms with van der Waals surface area (Å²) in [6, 6.07) is 5.46. The second-order valence-corrected chi connectivity index (χ2v) is 6.27. The van der Waals surface area contributed by atoms with Crippen LogP contribution in [-0.4, -0.2) is 33.5 Å². The van der Waals surface area contributed by atoms with E-state index in [1.165, 1.54) is 12.1 Å². The molecule has 136 valence electrons. The van der Waals surface area contributed by atoms with Gasteiger partial charge in [-0.05, 0) is 38.8 Å². The Morgan fingerprint density at radius 1 is 1.36 bits per heavy atom. The third-order valence-electron chi connectivity index (χ3n) is 4.27. The summed E-state index contributed by atoms with van der Waals surface area (Å²) in [5.41, 5.74) is 3.30. The summed E-state index contributed by atoms with van der Waals surface area (Å²) in [6.07, 6.45) is -0.431. The van der Waals surface area contributed by atoms with Crippen molar-refractivity contribution in [2.24, 2.45) is 7.05 Å². The van der Waals surface area contributed by atoms with E-state index in [1.807, 2.05) is 32.5 Å². The van der Waals surface area contributed by atoms with Crippen LogP contribution in [0.2, 0.25) is 0 Å². The van der Waals surface area contributed by atoms with Gasteiger partial charge in [0.05, 0.1) is 11.8 Å². The lowest BCUT2D eigenvalue weighted by molar-refractivity contribution is 0.168. The second-order valence-electron chi connectivity index (χ2n) is 6.27. The smallest absolute Gasteiger partial charge is 0.315 e. The SMILES string of the molecule is Cc1nn(C)c(C)c1CC(C)NC(=O)NCC(O)c1ccccc1F. The maximum absolute atomic E-state index is 13.6. The van der Waals surface area contributed by atoms with Gasteiger partial charge in [0.15, 0.2) is 0 Å². The Labute approximate surface area is 147 Å². The third kappa shape index (κ3) is 4.79. The van der Waals surface area contributed by atoms with E-state index in [4.69, 9.17) is 0 Å². The molecule has 7 heteroatoms. The zero-order chi connectivity index (χ0) is 18.6. The van der Waals surface area contributed by atoms with Gasteiger partial charge >= 0.3 is 6.03 Å². The molecule has 1 aromatic heterocycles. The van der Waals surface area contributed by atoms with E-state index in [9.17, 15) is 14.3 Å². The zero-order valence-electron chi connectivity index (χ0n) is 15.0. The summed E-state index contributed by atoms with van der Waals surface area (Å²) in [4.78, 5) is 12.0. The minimum absolute atomic E-state index is 0.0650. The molecule has 0 fully saturated rings. The van der Waals surface area contributed by atoms with Crippen LogP contribution in [0.15, 0.2) is 24.3 Å². The number of carbonyl (C=O) groups excluding carboxylic acids is 1. The molecule has 0 spiro atoms. The molecule has 0 bridgehead atoms. The maximum atomic E-state index is 13.6. The Morgan fingerprint density at radius 2 is 2.04 bits per heavy atom. The first-order chi connectivity index (χ1) is 11.8. The summed E-state index contributed by atoms with van der Waals surface area (Å²) in [6.45, 7) is 5.77. The predicted molar refractivity (Wildman–Crippen MR) is 93.7 cm³/mol. The number of amides is 2.